The first-order valence-electron chi connectivity index (χ1n) is 14.9. The molecule has 2 atom stereocenters. The van der Waals surface area contributed by atoms with E-state index < -0.39 is 5.60 Å². The lowest BCUT2D eigenvalue weighted by Gasteiger charge is -2.41. The summed E-state index contributed by atoms with van der Waals surface area (Å²) in [5.74, 6) is 1.56. The first-order chi connectivity index (χ1) is 20.9. The second-order valence-electron chi connectivity index (χ2n) is 11.6. The topological polar surface area (TPSA) is 122 Å². The Morgan fingerprint density at radius 2 is 1.86 bits per heavy atom. The van der Waals surface area contributed by atoms with Gasteiger partial charge in [0.15, 0.2) is 5.52 Å². The van der Waals surface area contributed by atoms with Crippen LogP contribution in [0, 0.1) is 5.92 Å². The Morgan fingerprint density at radius 1 is 1.09 bits per heavy atom. The number of likely N-dealkylation sites (tertiary alicyclic amines) is 1. The Kier molecular flexibility index (Phi) is 8.40. The number of ether oxygens (including phenoxy) is 1. The SMILES string of the molecule is COc1ccc(CNc2ccc3ncn(CC4(O)CCN(C(=O)[C@@H]5CCNC[C@H]5c5ccccc5)CC4)c(=O)c3n2)cc1. The molecule has 0 spiro atoms. The molecule has 0 saturated carbocycles. The molecule has 0 radical (unpaired) electrons. The maximum Gasteiger partial charge on any atom is 0.280 e. The van der Waals surface area contributed by atoms with E-state index in [-0.39, 0.29) is 35.4 Å². The van der Waals surface area contributed by atoms with Gasteiger partial charge in [-0.3, -0.25) is 14.2 Å². The molecule has 1 amide bonds. The molecule has 2 aliphatic rings. The molecule has 10 nitrogen and oxygen atoms in total. The predicted molar refractivity (Wildman–Crippen MR) is 165 cm³/mol. The van der Waals surface area contributed by atoms with E-state index in [1.54, 1.807) is 19.2 Å². The second-order valence-corrected chi connectivity index (χ2v) is 11.6. The standard InChI is InChI=1S/C33H38N6O4/c1-43-25-9-7-23(8-10-25)19-35-29-12-11-28-30(37-29)32(41)39(22-36-28)21-33(42)14-17-38(18-15-33)31(40)26-13-16-34-20-27(26)24-5-3-2-4-6-24/h2-12,22,26-27,34,42H,13-21H2,1H3,(H,35,37)/t26-,27+/m1/s1. The predicted octanol–water partition coefficient (Wildman–Crippen LogP) is 3.16. The number of fused-ring (bicyclic) bond motifs is 1. The highest BCUT2D eigenvalue weighted by molar-refractivity contribution is 5.80. The smallest absolute Gasteiger partial charge is 0.280 e. The summed E-state index contributed by atoms with van der Waals surface area (Å²) in [7, 11) is 1.63. The van der Waals surface area contributed by atoms with Crippen LogP contribution in [-0.2, 0) is 17.9 Å². The van der Waals surface area contributed by atoms with Gasteiger partial charge in [-0.15, -0.1) is 0 Å². The van der Waals surface area contributed by atoms with Gasteiger partial charge >= 0.3 is 0 Å². The summed E-state index contributed by atoms with van der Waals surface area (Å²) in [6.07, 6.45) is 3.05. The number of nitrogens with zero attached hydrogens (tertiary/aromatic N) is 4. The van der Waals surface area contributed by atoms with E-state index in [0.717, 1.165) is 30.8 Å². The Balaban J connectivity index is 1.11. The third-order valence-electron chi connectivity index (χ3n) is 8.80. The van der Waals surface area contributed by atoms with Crippen LogP contribution >= 0.6 is 0 Å². The number of rotatable bonds is 8. The van der Waals surface area contributed by atoms with Crippen molar-refractivity contribution in [1.29, 1.82) is 0 Å². The second kappa shape index (κ2) is 12.5. The highest BCUT2D eigenvalue weighted by Gasteiger charge is 2.39. The van der Waals surface area contributed by atoms with E-state index in [0.29, 0.717) is 43.8 Å². The van der Waals surface area contributed by atoms with Crippen LogP contribution in [0.5, 0.6) is 5.75 Å². The Morgan fingerprint density at radius 3 is 2.60 bits per heavy atom. The van der Waals surface area contributed by atoms with E-state index in [1.165, 1.54) is 16.5 Å². The number of aliphatic hydroxyl groups is 1. The fourth-order valence-electron chi connectivity index (χ4n) is 6.24. The number of piperidine rings is 2. The Hall–Kier alpha value is -4.28. The van der Waals surface area contributed by atoms with E-state index in [9.17, 15) is 14.7 Å². The number of aromatic nitrogens is 3. The van der Waals surface area contributed by atoms with Crippen molar-refractivity contribution in [1.82, 2.24) is 24.8 Å². The molecule has 4 aromatic rings. The molecule has 0 bridgehead atoms. The molecule has 0 unspecified atom stereocenters. The molecule has 224 valence electrons. The molecule has 6 rings (SSSR count). The van der Waals surface area contributed by atoms with Crippen molar-refractivity contribution < 1.29 is 14.6 Å². The van der Waals surface area contributed by atoms with Gasteiger partial charge in [0, 0.05) is 38.0 Å². The number of anilines is 1. The molecule has 2 aromatic heterocycles. The van der Waals surface area contributed by atoms with Gasteiger partial charge in [0.25, 0.3) is 5.56 Å². The summed E-state index contributed by atoms with van der Waals surface area (Å²) < 4.78 is 6.65. The van der Waals surface area contributed by atoms with E-state index in [1.807, 2.05) is 47.4 Å². The summed E-state index contributed by atoms with van der Waals surface area (Å²) in [6, 6.07) is 21.5. The first kappa shape index (κ1) is 28.8. The van der Waals surface area contributed by atoms with E-state index >= 15 is 0 Å². The molecule has 3 N–H and O–H groups in total. The van der Waals surface area contributed by atoms with Crippen LogP contribution in [0.25, 0.3) is 11.0 Å². The van der Waals surface area contributed by atoms with Crippen molar-refractivity contribution in [3.05, 3.63) is 94.5 Å². The van der Waals surface area contributed by atoms with Crippen molar-refractivity contribution >= 4 is 22.8 Å². The number of benzene rings is 2. The molecule has 10 heteroatoms. The largest absolute Gasteiger partial charge is 0.497 e. The average molecular weight is 583 g/mol. The fraction of sp³-hybridized carbons (Fsp3) is 0.394. The van der Waals surface area contributed by atoms with Gasteiger partial charge in [-0.1, -0.05) is 42.5 Å². The van der Waals surface area contributed by atoms with E-state index in [2.05, 4.69) is 32.7 Å². The van der Waals surface area contributed by atoms with Crippen LogP contribution in [0.2, 0.25) is 0 Å². The van der Waals surface area contributed by atoms with Crippen molar-refractivity contribution in [2.75, 3.05) is 38.6 Å². The monoisotopic (exact) mass is 582 g/mol. The third-order valence-corrected chi connectivity index (χ3v) is 8.80. The lowest BCUT2D eigenvalue weighted by molar-refractivity contribution is -0.141. The maximum atomic E-state index is 13.6. The lowest BCUT2D eigenvalue weighted by atomic mass is 9.80. The Labute approximate surface area is 250 Å². The molecule has 2 saturated heterocycles. The normalized spacial score (nSPS) is 20.1. The summed E-state index contributed by atoms with van der Waals surface area (Å²) in [6.45, 7) is 3.14. The van der Waals surface area contributed by atoms with Crippen molar-refractivity contribution in [3.63, 3.8) is 0 Å². The van der Waals surface area contributed by atoms with Crippen LogP contribution in [0.3, 0.4) is 0 Å². The van der Waals surface area contributed by atoms with Gasteiger partial charge in [-0.05, 0) is 61.2 Å². The van der Waals surface area contributed by atoms with Gasteiger partial charge in [-0.2, -0.15) is 0 Å². The minimum absolute atomic E-state index is 0.0826. The van der Waals surface area contributed by atoms with Gasteiger partial charge in [0.05, 0.1) is 31.1 Å². The minimum Gasteiger partial charge on any atom is -0.497 e. The summed E-state index contributed by atoms with van der Waals surface area (Å²) in [5.41, 5.74) is 1.56. The van der Waals surface area contributed by atoms with Crippen LogP contribution in [0.15, 0.2) is 77.9 Å². The number of amides is 1. The van der Waals surface area contributed by atoms with Crippen molar-refractivity contribution in [2.45, 2.75) is 43.9 Å². The zero-order valence-corrected chi connectivity index (χ0v) is 24.4. The van der Waals surface area contributed by atoms with Gasteiger partial charge < -0.3 is 25.4 Å². The lowest BCUT2D eigenvalue weighted by Crippen LogP contribution is -2.52. The molecular weight excluding hydrogens is 544 g/mol. The number of pyridine rings is 1. The number of hydrogen-bond acceptors (Lipinski definition) is 8. The van der Waals surface area contributed by atoms with Gasteiger partial charge in [-0.25, -0.2) is 9.97 Å². The maximum absolute atomic E-state index is 13.6. The number of hydrogen-bond donors (Lipinski definition) is 3. The fourth-order valence-corrected chi connectivity index (χ4v) is 6.24. The third kappa shape index (κ3) is 6.40. The quantitative estimate of drug-likeness (QED) is 0.290. The average Bonchev–Trinajstić information content (AvgIpc) is 3.06. The molecule has 4 heterocycles. The summed E-state index contributed by atoms with van der Waals surface area (Å²) >= 11 is 0. The first-order valence-corrected chi connectivity index (χ1v) is 14.9. The molecule has 2 aromatic carbocycles. The number of carbonyl (C=O) groups is 1. The Bertz CT molecular complexity index is 1620. The highest BCUT2D eigenvalue weighted by atomic mass is 16.5. The van der Waals surface area contributed by atoms with Crippen molar-refractivity contribution in [2.24, 2.45) is 5.92 Å². The zero-order valence-electron chi connectivity index (χ0n) is 24.4. The van der Waals surface area contributed by atoms with Crippen molar-refractivity contribution in [3.8, 4) is 5.75 Å². The molecule has 2 aliphatic heterocycles. The molecular formula is C33H38N6O4. The number of methoxy groups -OCH3 is 1. The molecule has 0 aliphatic carbocycles. The van der Waals surface area contributed by atoms with Crippen LogP contribution in [0.4, 0.5) is 5.82 Å². The van der Waals surface area contributed by atoms with Gasteiger partial charge in [0.1, 0.15) is 11.6 Å². The van der Waals surface area contributed by atoms with E-state index in [4.69, 9.17) is 4.74 Å². The van der Waals surface area contributed by atoms with Crippen LogP contribution in [0.1, 0.15) is 36.3 Å². The molecule has 43 heavy (non-hydrogen) atoms. The van der Waals surface area contributed by atoms with Crippen LogP contribution in [-0.4, -0.2) is 69.3 Å². The molecule has 2 fully saturated rings. The van der Waals surface area contributed by atoms with Crippen LogP contribution < -0.4 is 20.9 Å². The zero-order chi connectivity index (χ0) is 29.8. The minimum atomic E-state index is -1.12. The highest BCUT2D eigenvalue weighted by Crippen LogP contribution is 2.33. The summed E-state index contributed by atoms with van der Waals surface area (Å²) in [5, 5.41) is 18.2. The number of carbonyl (C=O) groups excluding carboxylic acids is 1. The van der Waals surface area contributed by atoms with Gasteiger partial charge in [0.2, 0.25) is 5.91 Å². The number of nitrogens with one attached hydrogen (secondary N) is 2. The summed E-state index contributed by atoms with van der Waals surface area (Å²) in [4.78, 5) is 37.9.